The van der Waals surface area contributed by atoms with Crippen molar-refractivity contribution in [2.45, 2.75) is 32.7 Å². The molecule has 70 valence electrons. The van der Waals surface area contributed by atoms with Crippen LogP contribution in [0.5, 0.6) is 0 Å². The van der Waals surface area contributed by atoms with Crippen LogP contribution in [0.4, 0.5) is 0 Å². The van der Waals surface area contributed by atoms with Crippen molar-refractivity contribution in [3.63, 3.8) is 0 Å². The van der Waals surface area contributed by atoms with E-state index in [2.05, 4.69) is 24.5 Å². The minimum atomic E-state index is 0.00627. The number of hydrogen-bond donors (Lipinski definition) is 2. The number of carbonyl (C=O) groups excluding carboxylic acids is 1. The molecule has 0 bridgehead atoms. The lowest BCUT2D eigenvalue weighted by atomic mass is 9.88. The highest BCUT2D eigenvalue weighted by Gasteiger charge is 2.27. The van der Waals surface area contributed by atoms with Crippen LogP contribution >= 0.6 is 0 Å². The van der Waals surface area contributed by atoms with Gasteiger partial charge in [-0.25, -0.2) is 0 Å². The number of likely N-dealkylation sites (N-methyl/N-ethyl adjacent to an activating group) is 1. The molecule has 0 aliphatic carbocycles. The highest BCUT2D eigenvalue weighted by atomic mass is 16.2. The van der Waals surface area contributed by atoms with Gasteiger partial charge in [0.1, 0.15) is 0 Å². The summed E-state index contributed by atoms with van der Waals surface area (Å²) in [6.07, 6.45) is 2.03. The summed E-state index contributed by atoms with van der Waals surface area (Å²) in [6.45, 7) is 5.17. The second-order valence-corrected chi connectivity index (χ2v) is 4.26. The molecule has 3 nitrogen and oxygen atoms in total. The lowest BCUT2D eigenvalue weighted by molar-refractivity contribution is -0.122. The van der Waals surface area contributed by atoms with Gasteiger partial charge in [-0.1, -0.05) is 13.8 Å². The predicted molar refractivity (Wildman–Crippen MR) is 48.9 cm³/mol. The lowest BCUT2D eigenvalue weighted by Gasteiger charge is -2.20. The summed E-state index contributed by atoms with van der Waals surface area (Å²) in [6, 6.07) is 0.00627. The van der Waals surface area contributed by atoms with Gasteiger partial charge in [-0.15, -0.1) is 0 Å². The third-order valence-corrected chi connectivity index (χ3v) is 2.52. The van der Waals surface area contributed by atoms with E-state index in [0.717, 1.165) is 19.4 Å². The second kappa shape index (κ2) is 3.44. The molecule has 0 aromatic heterocycles. The van der Waals surface area contributed by atoms with Crippen molar-refractivity contribution >= 4 is 5.91 Å². The van der Waals surface area contributed by atoms with Crippen molar-refractivity contribution in [2.24, 2.45) is 5.41 Å². The smallest absolute Gasteiger partial charge is 0.237 e. The first-order chi connectivity index (χ1) is 5.55. The van der Waals surface area contributed by atoms with Crippen molar-refractivity contribution in [3.8, 4) is 0 Å². The highest BCUT2D eigenvalue weighted by molar-refractivity contribution is 5.81. The SMILES string of the molecule is CNC1CCC(C)(C)CNC1=O. The van der Waals surface area contributed by atoms with Crippen LogP contribution < -0.4 is 10.6 Å². The molecule has 2 N–H and O–H groups in total. The Morgan fingerprint density at radius 1 is 1.58 bits per heavy atom. The van der Waals surface area contributed by atoms with Crippen molar-refractivity contribution in [1.29, 1.82) is 0 Å². The van der Waals surface area contributed by atoms with Crippen LogP contribution in [0.1, 0.15) is 26.7 Å². The van der Waals surface area contributed by atoms with Gasteiger partial charge in [0.05, 0.1) is 6.04 Å². The van der Waals surface area contributed by atoms with Crippen LogP contribution in [-0.2, 0) is 4.79 Å². The molecule has 1 aliphatic rings. The molecular formula is C9H18N2O. The van der Waals surface area contributed by atoms with E-state index in [1.165, 1.54) is 0 Å². The van der Waals surface area contributed by atoms with E-state index in [4.69, 9.17) is 0 Å². The monoisotopic (exact) mass is 170 g/mol. The molecule has 0 aromatic carbocycles. The van der Waals surface area contributed by atoms with Gasteiger partial charge in [0, 0.05) is 6.54 Å². The fourth-order valence-electron chi connectivity index (χ4n) is 1.48. The zero-order valence-corrected chi connectivity index (χ0v) is 8.11. The molecule has 1 unspecified atom stereocenters. The Morgan fingerprint density at radius 3 is 2.83 bits per heavy atom. The first kappa shape index (κ1) is 9.52. The number of amides is 1. The summed E-state index contributed by atoms with van der Waals surface area (Å²) in [7, 11) is 1.84. The van der Waals surface area contributed by atoms with E-state index in [0.29, 0.717) is 0 Å². The Labute approximate surface area is 73.9 Å². The van der Waals surface area contributed by atoms with Gasteiger partial charge in [0.15, 0.2) is 0 Å². The van der Waals surface area contributed by atoms with Gasteiger partial charge in [0.2, 0.25) is 5.91 Å². The van der Waals surface area contributed by atoms with E-state index in [1.54, 1.807) is 0 Å². The van der Waals surface area contributed by atoms with Crippen molar-refractivity contribution < 1.29 is 4.79 Å². The Balaban J connectivity index is 2.59. The summed E-state index contributed by atoms with van der Waals surface area (Å²) in [5.74, 6) is 0.142. The molecule has 1 aliphatic heterocycles. The first-order valence-electron chi connectivity index (χ1n) is 4.50. The minimum Gasteiger partial charge on any atom is -0.354 e. The third-order valence-electron chi connectivity index (χ3n) is 2.52. The van der Waals surface area contributed by atoms with Crippen LogP contribution in [-0.4, -0.2) is 25.5 Å². The number of rotatable bonds is 1. The molecule has 0 saturated carbocycles. The van der Waals surface area contributed by atoms with Crippen LogP contribution in [0, 0.1) is 5.41 Å². The number of nitrogens with one attached hydrogen (secondary N) is 2. The normalized spacial score (nSPS) is 29.2. The van der Waals surface area contributed by atoms with Gasteiger partial charge in [-0.05, 0) is 25.3 Å². The largest absolute Gasteiger partial charge is 0.354 e. The van der Waals surface area contributed by atoms with E-state index < -0.39 is 0 Å². The van der Waals surface area contributed by atoms with Crippen LogP contribution in [0.3, 0.4) is 0 Å². The Hall–Kier alpha value is -0.570. The molecular weight excluding hydrogens is 152 g/mol. The minimum absolute atomic E-state index is 0.00627. The molecule has 0 aromatic rings. The van der Waals surface area contributed by atoms with Gasteiger partial charge >= 0.3 is 0 Å². The second-order valence-electron chi connectivity index (χ2n) is 4.26. The summed E-state index contributed by atoms with van der Waals surface area (Å²) in [5.41, 5.74) is 0.251. The van der Waals surface area contributed by atoms with Gasteiger partial charge in [0.25, 0.3) is 0 Å². The summed E-state index contributed by atoms with van der Waals surface area (Å²) >= 11 is 0. The Kier molecular flexibility index (Phi) is 2.73. The zero-order valence-electron chi connectivity index (χ0n) is 8.11. The topological polar surface area (TPSA) is 41.1 Å². The van der Waals surface area contributed by atoms with Crippen molar-refractivity contribution in [3.05, 3.63) is 0 Å². The zero-order chi connectivity index (χ0) is 9.19. The molecule has 1 amide bonds. The molecule has 1 rings (SSSR count). The van der Waals surface area contributed by atoms with Crippen LogP contribution in [0.2, 0.25) is 0 Å². The predicted octanol–water partition coefficient (Wildman–Crippen LogP) is 0.511. The maximum absolute atomic E-state index is 11.4. The summed E-state index contributed by atoms with van der Waals surface area (Å²) < 4.78 is 0. The Morgan fingerprint density at radius 2 is 2.25 bits per heavy atom. The number of hydrogen-bond acceptors (Lipinski definition) is 2. The highest BCUT2D eigenvalue weighted by Crippen LogP contribution is 2.24. The van der Waals surface area contributed by atoms with Crippen LogP contribution in [0.15, 0.2) is 0 Å². The van der Waals surface area contributed by atoms with Gasteiger partial charge < -0.3 is 10.6 Å². The molecule has 12 heavy (non-hydrogen) atoms. The first-order valence-corrected chi connectivity index (χ1v) is 4.50. The molecule has 1 saturated heterocycles. The molecule has 3 heteroatoms. The van der Waals surface area contributed by atoms with E-state index in [1.807, 2.05) is 7.05 Å². The fraction of sp³-hybridized carbons (Fsp3) is 0.889. The van der Waals surface area contributed by atoms with Gasteiger partial charge in [-0.3, -0.25) is 4.79 Å². The molecule has 0 spiro atoms. The third kappa shape index (κ3) is 2.21. The molecule has 0 radical (unpaired) electrons. The average Bonchev–Trinajstić information content (AvgIpc) is 2.13. The van der Waals surface area contributed by atoms with Gasteiger partial charge in [-0.2, -0.15) is 0 Å². The lowest BCUT2D eigenvalue weighted by Crippen LogP contribution is -2.41. The quantitative estimate of drug-likeness (QED) is 0.602. The van der Waals surface area contributed by atoms with Crippen molar-refractivity contribution in [1.82, 2.24) is 10.6 Å². The fourth-order valence-corrected chi connectivity index (χ4v) is 1.48. The molecule has 1 atom stereocenters. The summed E-state index contributed by atoms with van der Waals surface area (Å²) in [5, 5.41) is 5.95. The maximum Gasteiger partial charge on any atom is 0.237 e. The van der Waals surface area contributed by atoms with E-state index in [-0.39, 0.29) is 17.4 Å². The number of carbonyl (C=O) groups is 1. The van der Waals surface area contributed by atoms with E-state index >= 15 is 0 Å². The standard InChI is InChI=1S/C9H18N2O/c1-9(2)5-4-7(10-3)8(12)11-6-9/h7,10H,4-6H2,1-3H3,(H,11,12). The van der Waals surface area contributed by atoms with E-state index in [9.17, 15) is 4.79 Å². The molecule has 1 fully saturated rings. The summed E-state index contributed by atoms with van der Waals surface area (Å²) in [4.78, 5) is 11.4. The maximum atomic E-state index is 11.4. The Bertz CT molecular complexity index is 177. The van der Waals surface area contributed by atoms with Crippen molar-refractivity contribution in [2.75, 3.05) is 13.6 Å². The average molecular weight is 170 g/mol. The van der Waals surface area contributed by atoms with Crippen LogP contribution in [0.25, 0.3) is 0 Å². The molecule has 1 heterocycles.